The fourth-order valence-corrected chi connectivity index (χ4v) is 5.16. The van der Waals surface area contributed by atoms with E-state index < -0.39 is 0 Å². The zero-order chi connectivity index (χ0) is 21.6. The highest BCUT2D eigenvalue weighted by atomic mass is 19.1. The lowest BCUT2D eigenvalue weighted by Gasteiger charge is -2.26. The average molecular weight is 415 g/mol. The normalized spacial score (nSPS) is 19.3. The lowest BCUT2D eigenvalue weighted by atomic mass is 9.79. The van der Waals surface area contributed by atoms with Crippen molar-refractivity contribution in [3.8, 4) is 11.1 Å². The molecule has 162 valence electrons. The lowest BCUT2D eigenvalue weighted by molar-refractivity contribution is 0.296. The molecule has 0 spiro atoms. The van der Waals surface area contributed by atoms with Gasteiger partial charge in [-0.2, -0.15) is 0 Å². The van der Waals surface area contributed by atoms with Crippen LogP contribution in [0.4, 0.5) is 4.39 Å². The molecule has 3 aromatic carbocycles. The number of halogens is 1. The highest BCUT2D eigenvalue weighted by Crippen LogP contribution is 2.33. The quantitative estimate of drug-likeness (QED) is 0.339. The molecule has 0 bridgehead atoms. The van der Waals surface area contributed by atoms with E-state index in [0.717, 1.165) is 46.6 Å². The maximum Gasteiger partial charge on any atom is 0.134 e. The molecule has 1 saturated carbocycles. The van der Waals surface area contributed by atoms with Gasteiger partial charge in [0.25, 0.3) is 0 Å². The monoisotopic (exact) mass is 414 g/mol. The Morgan fingerprint density at radius 3 is 2.32 bits per heavy atom. The van der Waals surface area contributed by atoms with Crippen molar-refractivity contribution in [3.63, 3.8) is 0 Å². The maximum atomic E-state index is 14.7. The largest absolute Gasteiger partial charge is 0.206 e. The Bertz CT molecular complexity index is 1020. The molecule has 0 heterocycles. The predicted molar refractivity (Wildman–Crippen MR) is 132 cm³/mol. The van der Waals surface area contributed by atoms with Gasteiger partial charge in [-0.15, -0.1) is 0 Å². The molecule has 0 N–H and O–H groups in total. The van der Waals surface area contributed by atoms with Gasteiger partial charge in [0.15, 0.2) is 0 Å². The van der Waals surface area contributed by atoms with Gasteiger partial charge in [-0.25, -0.2) is 4.39 Å². The third-order valence-electron chi connectivity index (χ3n) is 7.04. The van der Waals surface area contributed by atoms with Crippen molar-refractivity contribution in [2.45, 2.75) is 65.2 Å². The van der Waals surface area contributed by atoms with E-state index in [1.165, 1.54) is 49.7 Å². The van der Waals surface area contributed by atoms with Gasteiger partial charge in [-0.05, 0) is 97.4 Å². The molecule has 1 heteroatoms. The molecule has 0 amide bonds. The van der Waals surface area contributed by atoms with Gasteiger partial charge in [0, 0.05) is 5.39 Å². The molecule has 1 aliphatic rings. The van der Waals surface area contributed by atoms with Crippen molar-refractivity contribution in [1.82, 2.24) is 0 Å². The van der Waals surface area contributed by atoms with E-state index >= 15 is 0 Å². The van der Waals surface area contributed by atoms with E-state index in [0.29, 0.717) is 0 Å². The molecule has 0 radical (unpaired) electrons. The minimum Gasteiger partial charge on any atom is -0.206 e. The molecular weight excluding hydrogens is 379 g/mol. The van der Waals surface area contributed by atoms with Gasteiger partial charge in [-0.3, -0.25) is 0 Å². The summed E-state index contributed by atoms with van der Waals surface area (Å²) in [6.45, 7) is 4.22. The Morgan fingerprint density at radius 2 is 1.61 bits per heavy atom. The molecule has 1 fully saturated rings. The smallest absolute Gasteiger partial charge is 0.134 e. The Hall–Kier alpha value is -2.41. The van der Waals surface area contributed by atoms with Gasteiger partial charge < -0.3 is 0 Å². The number of hydrogen-bond donors (Lipinski definition) is 0. The minimum absolute atomic E-state index is 0.0546. The van der Waals surface area contributed by atoms with Crippen LogP contribution in [0.15, 0.2) is 66.7 Å². The highest BCUT2D eigenvalue weighted by molar-refractivity contribution is 5.88. The first-order valence-electron chi connectivity index (χ1n) is 12.1. The Balaban J connectivity index is 1.40. The third kappa shape index (κ3) is 5.26. The number of allylic oxidation sites excluding steroid dienone is 2. The van der Waals surface area contributed by atoms with Gasteiger partial charge in [0.05, 0.1) is 0 Å². The highest BCUT2D eigenvalue weighted by Gasteiger charge is 2.19. The zero-order valence-electron chi connectivity index (χ0n) is 19.0. The SMILES string of the molecule is C/C=C/C1CCC(CCc2ccc(-c3ccc4c(F)c(CCC)ccc4c3)cc2)CC1. The van der Waals surface area contributed by atoms with Gasteiger partial charge in [-0.1, -0.05) is 74.0 Å². The van der Waals surface area contributed by atoms with Crippen LogP contribution in [-0.4, -0.2) is 0 Å². The Kier molecular flexibility index (Phi) is 7.22. The molecule has 0 saturated heterocycles. The molecule has 3 aromatic rings. The first kappa shape index (κ1) is 21.8. The zero-order valence-corrected chi connectivity index (χ0v) is 19.0. The predicted octanol–water partition coefficient (Wildman–Crippen LogP) is 8.91. The summed E-state index contributed by atoms with van der Waals surface area (Å²) in [7, 11) is 0. The van der Waals surface area contributed by atoms with Crippen molar-refractivity contribution >= 4 is 10.8 Å². The summed E-state index contributed by atoms with van der Waals surface area (Å²) >= 11 is 0. The summed E-state index contributed by atoms with van der Waals surface area (Å²) in [5, 5.41) is 1.71. The van der Waals surface area contributed by atoms with Crippen LogP contribution in [0.1, 0.15) is 63.5 Å². The summed E-state index contributed by atoms with van der Waals surface area (Å²) < 4.78 is 14.7. The topological polar surface area (TPSA) is 0 Å². The lowest BCUT2D eigenvalue weighted by Crippen LogP contribution is -2.13. The fraction of sp³-hybridized carbons (Fsp3) is 0.400. The van der Waals surface area contributed by atoms with Crippen LogP contribution < -0.4 is 0 Å². The molecule has 1 aliphatic carbocycles. The number of rotatable bonds is 7. The maximum absolute atomic E-state index is 14.7. The van der Waals surface area contributed by atoms with Crippen LogP contribution in [0.25, 0.3) is 21.9 Å². The van der Waals surface area contributed by atoms with Crippen molar-refractivity contribution < 1.29 is 4.39 Å². The van der Waals surface area contributed by atoms with E-state index in [4.69, 9.17) is 0 Å². The second kappa shape index (κ2) is 10.3. The van der Waals surface area contributed by atoms with Crippen LogP contribution in [0.5, 0.6) is 0 Å². The van der Waals surface area contributed by atoms with Gasteiger partial charge in [0.1, 0.15) is 5.82 Å². The number of fused-ring (bicyclic) bond motifs is 1. The van der Waals surface area contributed by atoms with Crippen LogP contribution >= 0.6 is 0 Å². The summed E-state index contributed by atoms with van der Waals surface area (Å²) in [5.74, 6) is 1.64. The van der Waals surface area contributed by atoms with E-state index in [-0.39, 0.29) is 5.82 Å². The Labute approximate surface area is 187 Å². The molecule has 0 aliphatic heterocycles. The molecule has 0 unspecified atom stereocenters. The first-order chi connectivity index (χ1) is 15.2. The Morgan fingerprint density at radius 1 is 0.871 bits per heavy atom. The number of benzene rings is 3. The molecule has 0 atom stereocenters. The van der Waals surface area contributed by atoms with Crippen LogP contribution in [0.2, 0.25) is 0 Å². The summed E-state index contributed by atoms with van der Waals surface area (Å²) in [6, 6.07) is 19.1. The molecule has 4 rings (SSSR count). The van der Waals surface area contributed by atoms with E-state index in [2.05, 4.69) is 68.5 Å². The van der Waals surface area contributed by atoms with E-state index in [1.54, 1.807) is 0 Å². The molecule has 0 nitrogen and oxygen atoms in total. The molecular formula is C30H35F. The average Bonchev–Trinajstić information content (AvgIpc) is 2.81. The second-order valence-electron chi connectivity index (χ2n) is 9.27. The van der Waals surface area contributed by atoms with Gasteiger partial charge >= 0.3 is 0 Å². The summed E-state index contributed by atoms with van der Waals surface area (Å²) in [5.41, 5.74) is 4.61. The van der Waals surface area contributed by atoms with E-state index in [9.17, 15) is 4.39 Å². The van der Waals surface area contributed by atoms with Gasteiger partial charge in [0.2, 0.25) is 0 Å². The van der Waals surface area contributed by atoms with Crippen molar-refractivity contribution in [1.29, 1.82) is 0 Å². The van der Waals surface area contributed by atoms with Crippen LogP contribution in [0, 0.1) is 17.7 Å². The van der Waals surface area contributed by atoms with Crippen molar-refractivity contribution in [3.05, 3.63) is 83.7 Å². The summed E-state index contributed by atoms with van der Waals surface area (Å²) in [6.07, 6.45) is 14.3. The fourth-order valence-electron chi connectivity index (χ4n) is 5.16. The van der Waals surface area contributed by atoms with Crippen LogP contribution in [0.3, 0.4) is 0 Å². The molecule has 31 heavy (non-hydrogen) atoms. The van der Waals surface area contributed by atoms with Crippen LogP contribution in [-0.2, 0) is 12.8 Å². The standard InChI is InChI=1S/C30H35F/c1-3-5-22-7-9-23(10-8-22)11-12-24-13-15-25(16-14-24)27-19-20-29-28(21-27)18-17-26(6-4-2)30(29)31/h3,5,13-23H,4,6-12H2,1-2H3/b5-3+. The number of aryl methyl sites for hydroxylation is 2. The van der Waals surface area contributed by atoms with Crippen molar-refractivity contribution in [2.24, 2.45) is 11.8 Å². The van der Waals surface area contributed by atoms with Crippen molar-refractivity contribution in [2.75, 3.05) is 0 Å². The summed E-state index contributed by atoms with van der Waals surface area (Å²) in [4.78, 5) is 0. The minimum atomic E-state index is -0.0546. The first-order valence-corrected chi connectivity index (χ1v) is 12.1. The number of hydrogen-bond acceptors (Lipinski definition) is 0. The molecule has 0 aromatic heterocycles. The second-order valence-corrected chi connectivity index (χ2v) is 9.27. The third-order valence-corrected chi connectivity index (χ3v) is 7.04. The van der Waals surface area contributed by atoms with E-state index in [1.807, 2.05) is 12.1 Å².